The number of benzene rings is 1. The number of likely N-dealkylation sites (tertiary alicyclic amines) is 1. The fourth-order valence-corrected chi connectivity index (χ4v) is 3.85. The monoisotopic (exact) mass is 365 g/mol. The molecule has 6 heteroatoms. The maximum Gasteiger partial charge on any atom is 0.329 e. The van der Waals surface area contributed by atoms with Gasteiger partial charge in [-0.05, 0) is 56.7 Å². The Labute approximate surface area is 153 Å². The van der Waals surface area contributed by atoms with Crippen molar-refractivity contribution in [1.29, 1.82) is 0 Å². The summed E-state index contributed by atoms with van der Waals surface area (Å²) in [7, 11) is 1.51. The van der Waals surface area contributed by atoms with E-state index < -0.39 is 6.04 Å². The highest BCUT2D eigenvalue weighted by Crippen LogP contribution is 2.29. The van der Waals surface area contributed by atoms with E-state index in [-0.39, 0.29) is 18.0 Å². The first-order chi connectivity index (χ1) is 12.1. The van der Waals surface area contributed by atoms with Gasteiger partial charge in [0.05, 0.1) is 12.7 Å². The smallest absolute Gasteiger partial charge is 0.329 e. The van der Waals surface area contributed by atoms with Gasteiger partial charge in [-0.15, -0.1) is 0 Å². The van der Waals surface area contributed by atoms with E-state index in [1.54, 1.807) is 23.1 Å². The van der Waals surface area contributed by atoms with Crippen molar-refractivity contribution in [2.75, 3.05) is 13.7 Å². The van der Waals surface area contributed by atoms with E-state index in [9.17, 15) is 9.59 Å². The normalized spacial score (nSPS) is 21.2. The molecule has 1 unspecified atom stereocenters. The highest BCUT2D eigenvalue weighted by atomic mass is 35.5. The Morgan fingerprint density at radius 2 is 1.88 bits per heavy atom. The Morgan fingerprint density at radius 3 is 2.60 bits per heavy atom. The molecule has 1 saturated heterocycles. The number of ether oxygens (including phenoxy) is 2. The Bertz CT molecular complexity index is 642. The molecular formula is C19H24ClNO4. The molecule has 0 aromatic heterocycles. The van der Waals surface area contributed by atoms with Crippen molar-refractivity contribution in [3.8, 4) is 5.75 Å². The molecule has 136 valence electrons. The molecule has 5 nitrogen and oxygen atoms in total. The molecule has 1 atom stereocenters. The molecule has 0 bridgehead atoms. The van der Waals surface area contributed by atoms with Crippen molar-refractivity contribution in [1.82, 2.24) is 4.90 Å². The lowest BCUT2D eigenvalue weighted by molar-refractivity contribution is -0.155. The molecule has 1 aliphatic carbocycles. The summed E-state index contributed by atoms with van der Waals surface area (Å²) >= 11 is 6.03. The van der Waals surface area contributed by atoms with Crippen LogP contribution in [-0.4, -0.2) is 42.6 Å². The summed E-state index contributed by atoms with van der Waals surface area (Å²) in [5, 5.41) is 0.463. The molecule has 0 spiro atoms. The number of halogens is 1. The Balaban J connectivity index is 1.73. The van der Waals surface area contributed by atoms with Crippen LogP contribution >= 0.6 is 11.6 Å². The minimum atomic E-state index is -0.516. The molecule has 2 aliphatic rings. The van der Waals surface area contributed by atoms with E-state index in [4.69, 9.17) is 21.1 Å². The quantitative estimate of drug-likeness (QED) is 0.761. The summed E-state index contributed by atoms with van der Waals surface area (Å²) in [6, 6.07) is 4.42. The molecule has 1 saturated carbocycles. The molecule has 1 heterocycles. The van der Waals surface area contributed by atoms with Gasteiger partial charge in [-0.2, -0.15) is 0 Å². The van der Waals surface area contributed by atoms with Crippen LogP contribution in [0.3, 0.4) is 0 Å². The summed E-state index contributed by atoms with van der Waals surface area (Å²) in [4.78, 5) is 27.2. The summed E-state index contributed by atoms with van der Waals surface area (Å²) in [5.41, 5.74) is 0.382. The maximum absolute atomic E-state index is 13.0. The Hall–Kier alpha value is -1.75. The third-order valence-electron chi connectivity index (χ3n) is 5.01. The fourth-order valence-electron chi connectivity index (χ4n) is 3.68. The van der Waals surface area contributed by atoms with E-state index in [0.29, 0.717) is 29.3 Å². The summed E-state index contributed by atoms with van der Waals surface area (Å²) < 4.78 is 11.0. The van der Waals surface area contributed by atoms with Crippen LogP contribution in [0.5, 0.6) is 5.75 Å². The predicted molar refractivity (Wildman–Crippen MR) is 95.0 cm³/mol. The molecule has 3 rings (SSSR count). The average molecular weight is 366 g/mol. The zero-order chi connectivity index (χ0) is 17.8. The van der Waals surface area contributed by atoms with Gasteiger partial charge in [0, 0.05) is 11.6 Å². The van der Waals surface area contributed by atoms with Gasteiger partial charge in [0.25, 0.3) is 5.91 Å². The fraction of sp³-hybridized carbons (Fsp3) is 0.579. The van der Waals surface area contributed by atoms with Crippen molar-refractivity contribution in [2.45, 2.75) is 57.1 Å². The standard InChI is InChI=1S/C19H24ClNO4/c1-24-17-10-9-13(20)12-15(17)18(22)21-11-5-8-16(21)19(23)25-14-6-3-2-4-7-14/h9-10,12,14,16H,2-8,11H2,1H3. The largest absolute Gasteiger partial charge is 0.496 e. The number of esters is 1. The molecule has 1 amide bonds. The second-order valence-corrected chi connectivity index (χ2v) is 7.13. The lowest BCUT2D eigenvalue weighted by Crippen LogP contribution is -2.42. The first-order valence-corrected chi connectivity index (χ1v) is 9.33. The van der Waals surface area contributed by atoms with Gasteiger partial charge in [-0.3, -0.25) is 4.79 Å². The number of methoxy groups -OCH3 is 1. The average Bonchev–Trinajstić information content (AvgIpc) is 3.12. The third kappa shape index (κ3) is 4.09. The zero-order valence-corrected chi connectivity index (χ0v) is 15.3. The van der Waals surface area contributed by atoms with E-state index in [1.807, 2.05) is 0 Å². The highest BCUT2D eigenvalue weighted by Gasteiger charge is 2.37. The van der Waals surface area contributed by atoms with Crippen molar-refractivity contribution in [3.05, 3.63) is 28.8 Å². The van der Waals surface area contributed by atoms with Gasteiger partial charge >= 0.3 is 5.97 Å². The van der Waals surface area contributed by atoms with Gasteiger partial charge in [-0.1, -0.05) is 18.0 Å². The van der Waals surface area contributed by atoms with Crippen LogP contribution in [0.15, 0.2) is 18.2 Å². The van der Waals surface area contributed by atoms with Crippen LogP contribution in [0.1, 0.15) is 55.3 Å². The maximum atomic E-state index is 13.0. The Kier molecular flexibility index (Phi) is 5.84. The van der Waals surface area contributed by atoms with Gasteiger partial charge in [0.15, 0.2) is 0 Å². The molecule has 0 N–H and O–H groups in total. The van der Waals surface area contributed by atoms with Gasteiger partial charge in [-0.25, -0.2) is 4.79 Å². The van der Waals surface area contributed by atoms with Crippen LogP contribution in [0.2, 0.25) is 5.02 Å². The molecular weight excluding hydrogens is 342 g/mol. The zero-order valence-electron chi connectivity index (χ0n) is 14.5. The van der Waals surface area contributed by atoms with Crippen molar-refractivity contribution < 1.29 is 19.1 Å². The molecule has 0 radical (unpaired) electrons. The summed E-state index contributed by atoms with van der Waals surface area (Å²) in [6.45, 7) is 0.541. The molecule has 1 aromatic carbocycles. The van der Waals surface area contributed by atoms with E-state index >= 15 is 0 Å². The topological polar surface area (TPSA) is 55.8 Å². The number of carbonyl (C=O) groups excluding carboxylic acids is 2. The summed E-state index contributed by atoms with van der Waals surface area (Å²) in [5.74, 6) is -0.0538. The molecule has 25 heavy (non-hydrogen) atoms. The number of hydrogen-bond acceptors (Lipinski definition) is 4. The van der Waals surface area contributed by atoms with Crippen LogP contribution in [-0.2, 0) is 9.53 Å². The molecule has 1 aliphatic heterocycles. The molecule has 1 aromatic rings. The first-order valence-electron chi connectivity index (χ1n) is 8.95. The van der Waals surface area contributed by atoms with Crippen molar-refractivity contribution in [3.63, 3.8) is 0 Å². The lowest BCUT2D eigenvalue weighted by Gasteiger charge is -2.27. The van der Waals surface area contributed by atoms with Crippen LogP contribution in [0.4, 0.5) is 0 Å². The highest BCUT2D eigenvalue weighted by molar-refractivity contribution is 6.31. The van der Waals surface area contributed by atoms with E-state index in [1.165, 1.54) is 13.5 Å². The lowest BCUT2D eigenvalue weighted by atomic mass is 9.98. The van der Waals surface area contributed by atoms with Gasteiger partial charge in [0.2, 0.25) is 0 Å². The third-order valence-corrected chi connectivity index (χ3v) is 5.25. The van der Waals surface area contributed by atoms with Crippen molar-refractivity contribution in [2.24, 2.45) is 0 Å². The molecule has 2 fully saturated rings. The van der Waals surface area contributed by atoms with Crippen LogP contribution in [0, 0.1) is 0 Å². The minimum absolute atomic E-state index is 0.000456. The number of nitrogens with zero attached hydrogens (tertiary/aromatic N) is 1. The Morgan fingerprint density at radius 1 is 1.12 bits per heavy atom. The number of carbonyl (C=O) groups is 2. The minimum Gasteiger partial charge on any atom is -0.496 e. The van der Waals surface area contributed by atoms with E-state index in [2.05, 4.69) is 0 Å². The number of amides is 1. The SMILES string of the molecule is COc1ccc(Cl)cc1C(=O)N1CCCC1C(=O)OC1CCCCC1. The van der Waals surface area contributed by atoms with E-state index in [0.717, 1.165) is 32.1 Å². The summed E-state index contributed by atoms with van der Waals surface area (Å²) in [6.07, 6.45) is 6.69. The number of hydrogen-bond donors (Lipinski definition) is 0. The second-order valence-electron chi connectivity index (χ2n) is 6.70. The second kappa shape index (κ2) is 8.09. The van der Waals surface area contributed by atoms with Gasteiger partial charge in [0.1, 0.15) is 17.9 Å². The van der Waals surface area contributed by atoms with Gasteiger partial charge < -0.3 is 14.4 Å². The predicted octanol–water partition coefficient (Wildman–Crippen LogP) is 3.83. The van der Waals surface area contributed by atoms with Crippen molar-refractivity contribution >= 4 is 23.5 Å². The first kappa shape index (κ1) is 18.1. The van der Waals surface area contributed by atoms with Crippen LogP contribution < -0.4 is 4.74 Å². The number of rotatable bonds is 4. The van der Waals surface area contributed by atoms with Crippen LogP contribution in [0.25, 0.3) is 0 Å².